The maximum Gasteiger partial charge on any atom is 0.272 e. The smallest absolute Gasteiger partial charge is 0.272 e. The summed E-state index contributed by atoms with van der Waals surface area (Å²) in [5.41, 5.74) is 2.53. The molecular weight excluding hydrogens is 304 g/mol. The molecule has 1 aromatic heterocycles. The molecule has 0 bridgehead atoms. The van der Waals surface area contributed by atoms with Crippen LogP contribution >= 0.6 is 15.9 Å². The third kappa shape index (κ3) is 2.89. The zero-order valence-corrected chi connectivity index (χ0v) is 12.9. The van der Waals surface area contributed by atoms with Crippen LogP contribution in [0.4, 0.5) is 5.69 Å². The minimum atomic E-state index is -0.0834. The van der Waals surface area contributed by atoms with E-state index in [-0.39, 0.29) is 11.9 Å². The summed E-state index contributed by atoms with van der Waals surface area (Å²) < 4.78 is 2.95. The summed E-state index contributed by atoms with van der Waals surface area (Å²) in [6.07, 6.45) is 1.92. The first-order valence-corrected chi connectivity index (χ1v) is 7.03. The van der Waals surface area contributed by atoms with Crippen LogP contribution in [0.1, 0.15) is 35.9 Å². The lowest BCUT2D eigenvalue weighted by molar-refractivity contribution is 0.101. The molecule has 0 atom stereocenters. The largest absolute Gasteiger partial charge is 0.341 e. The predicted molar refractivity (Wildman–Crippen MR) is 81.6 cm³/mol. The van der Waals surface area contributed by atoms with Crippen LogP contribution in [-0.4, -0.2) is 10.5 Å². The molecule has 1 amide bonds. The highest BCUT2D eigenvalue weighted by atomic mass is 79.9. The summed E-state index contributed by atoms with van der Waals surface area (Å²) in [5.74, 6) is -0.0834. The van der Waals surface area contributed by atoms with Gasteiger partial charge in [0, 0.05) is 22.4 Å². The minimum Gasteiger partial charge on any atom is -0.341 e. The Labute approximate surface area is 121 Å². The summed E-state index contributed by atoms with van der Waals surface area (Å²) in [6.45, 7) is 6.09. The number of aromatic nitrogens is 1. The second-order valence-corrected chi connectivity index (χ2v) is 5.62. The number of nitrogens with one attached hydrogen (secondary N) is 1. The molecule has 3 nitrogen and oxygen atoms in total. The van der Waals surface area contributed by atoms with Gasteiger partial charge in [-0.2, -0.15) is 0 Å². The summed E-state index contributed by atoms with van der Waals surface area (Å²) in [5, 5.41) is 2.96. The number of nitrogens with zero attached hydrogens (tertiary/aromatic N) is 1. The summed E-state index contributed by atoms with van der Waals surface area (Å²) in [7, 11) is 0. The average Bonchev–Trinajstić information content (AvgIpc) is 2.84. The Balaban J connectivity index is 2.26. The Hall–Kier alpha value is -1.55. The molecule has 0 aliphatic rings. The summed E-state index contributed by atoms with van der Waals surface area (Å²) in [6, 6.07) is 9.77. The van der Waals surface area contributed by atoms with Crippen LogP contribution in [0.15, 0.2) is 41.0 Å². The van der Waals surface area contributed by atoms with E-state index < -0.39 is 0 Å². The maximum atomic E-state index is 12.3. The average molecular weight is 321 g/mol. The quantitative estimate of drug-likeness (QED) is 0.894. The molecule has 0 aliphatic heterocycles. The Bertz CT molecular complexity index is 602. The van der Waals surface area contributed by atoms with Gasteiger partial charge in [-0.3, -0.25) is 4.79 Å². The SMILES string of the molecule is Cc1c(Br)cccc1NC(=O)c1cccn1C(C)C. The topological polar surface area (TPSA) is 34.0 Å². The van der Waals surface area contributed by atoms with Crippen molar-refractivity contribution in [2.75, 3.05) is 5.32 Å². The van der Waals surface area contributed by atoms with E-state index in [0.29, 0.717) is 5.69 Å². The normalized spacial score (nSPS) is 10.8. The molecule has 0 saturated carbocycles. The van der Waals surface area contributed by atoms with Gasteiger partial charge in [-0.25, -0.2) is 0 Å². The number of benzene rings is 1. The van der Waals surface area contributed by atoms with E-state index in [1.54, 1.807) is 0 Å². The van der Waals surface area contributed by atoms with Gasteiger partial charge >= 0.3 is 0 Å². The second kappa shape index (κ2) is 5.61. The number of halogens is 1. The van der Waals surface area contributed by atoms with Gasteiger partial charge in [-0.15, -0.1) is 0 Å². The first kappa shape index (κ1) is 13.9. The van der Waals surface area contributed by atoms with Gasteiger partial charge in [0.15, 0.2) is 0 Å². The minimum absolute atomic E-state index is 0.0834. The third-order valence-electron chi connectivity index (χ3n) is 3.08. The Morgan fingerprint density at radius 2 is 2.00 bits per heavy atom. The van der Waals surface area contributed by atoms with Crippen LogP contribution < -0.4 is 5.32 Å². The van der Waals surface area contributed by atoms with E-state index in [2.05, 4.69) is 35.1 Å². The van der Waals surface area contributed by atoms with Crippen molar-refractivity contribution in [3.05, 3.63) is 52.3 Å². The zero-order chi connectivity index (χ0) is 14.0. The zero-order valence-electron chi connectivity index (χ0n) is 11.3. The van der Waals surface area contributed by atoms with Crippen molar-refractivity contribution in [3.63, 3.8) is 0 Å². The Kier molecular flexibility index (Phi) is 4.10. The van der Waals surface area contributed by atoms with E-state index in [9.17, 15) is 4.79 Å². The molecule has 0 saturated heterocycles. The van der Waals surface area contributed by atoms with Gasteiger partial charge in [0.25, 0.3) is 5.91 Å². The van der Waals surface area contributed by atoms with E-state index in [1.165, 1.54) is 0 Å². The monoisotopic (exact) mass is 320 g/mol. The molecule has 2 aromatic rings. The van der Waals surface area contributed by atoms with Gasteiger partial charge < -0.3 is 9.88 Å². The van der Waals surface area contributed by atoms with Crippen LogP contribution in [0.25, 0.3) is 0 Å². The molecule has 2 rings (SSSR count). The van der Waals surface area contributed by atoms with Crippen molar-refractivity contribution >= 4 is 27.5 Å². The predicted octanol–water partition coefficient (Wildman–Crippen LogP) is 4.39. The number of carbonyl (C=O) groups is 1. The van der Waals surface area contributed by atoms with Crippen LogP contribution in [0.2, 0.25) is 0 Å². The molecule has 4 heteroatoms. The van der Waals surface area contributed by atoms with E-state index in [4.69, 9.17) is 0 Å². The third-order valence-corrected chi connectivity index (χ3v) is 3.94. The lowest BCUT2D eigenvalue weighted by Gasteiger charge is -2.14. The van der Waals surface area contributed by atoms with E-state index in [1.807, 2.05) is 48.0 Å². The van der Waals surface area contributed by atoms with Crippen molar-refractivity contribution in [2.24, 2.45) is 0 Å². The van der Waals surface area contributed by atoms with Crippen molar-refractivity contribution in [1.82, 2.24) is 4.57 Å². The number of hydrogen-bond acceptors (Lipinski definition) is 1. The lowest BCUT2D eigenvalue weighted by atomic mass is 10.2. The fraction of sp³-hybridized carbons (Fsp3) is 0.267. The highest BCUT2D eigenvalue weighted by Crippen LogP contribution is 2.24. The molecular formula is C15H17BrN2O. The molecule has 19 heavy (non-hydrogen) atoms. The number of rotatable bonds is 3. The standard InChI is InChI=1S/C15H17BrN2O/c1-10(2)18-9-5-8-14(18)15(19)17-13-7-4-6-12(16)11(13)3/h4-10H,1-3H3,(H,17,19). The van der Waals surface area contributed by atoms with Crippen LogP contribution in [0.3, 0.4) is 0 Å². The summed E-state index contributed by atoms with van der Waals surface area (Å²) in [4.78, 5) is 12.3. The van der Waals surface area contributed by atoms with Gasteiger partial charge in [0.1, 0.15) is 5.69 Å². The second-order valence-electron chi connectivity index (χ2n) is 4.76. The van der Waals surface area contributed by atoms with Crippen molar-refractivity contribution in [1.29, 1.82) is 0 Å². The van der Waals surface area contributed by atoms with Crippen molar-refractivity contribution < 1.29 is 4.79 Å². The van der Waals surface area contributed by atoms with Gasteiger partial charge in [0.05, 0.1) is 0 Å². The van der Waals surface area contributed by atoms with E-state index in [0.717, 1.165) is 15.7 Å². The van der Waals surface area contributed by atoms with Gasteiger partial charge in [-0.1, -0.05) is 22.0 Å². The number of carbonyl (C=O) groups excluding carboxylic acids is 1. The maximum absolute atomic E-state index is 12.3. The Morgan fingerprint density at radius 3 is 2.68 bits per heavy atom. The van der Waals surface area contributed by atoms with Gasteiger partial charge in [-0.05, 0) is 50.6 Å². The van der Waals surface area contributed by atoms with Crippen LogP contribution in [-0.2, 0) is 0 Å². The summed E-state index contributed by atoms with van der Waals surface area (Å²) >= 11 is 3.47. The van der Waals surface area contributed by atoms with Gasteiger partial charge in [0.2, 0.25) is 0 Å². The molecule has 1 heterocycles. The Morgan fingerprint density at radius 1 is 1.26 bits per heavy atom. The fourth-order valence-corrected chi connectivity index (χ4v) is 2.33. The number of anilines is 1. The van der Waals surface area contributed by atoms with Crippen LogP contribution in [0, 0.1) is 6.92 Å². The van der Waals surface area contributed by atoms with E-state index >= 15 is 0 Å². The highest BCUT2D eigenvalue weighted by Gasteiger charge is 2.14. The molecule has 0 radical (unpaired) electrons. The highest BCUT2D eigenvalue weighted by molar-refractivity contribution is 9.10. The fourth-order valence-electron chi connectivity index (χ4n) is 1.97. The van der Waals surface area contributed by atoms with Crippen LogP contribution in [0.5, 0.6) is 0 Å². The molecule has 0 aliphatic carbocycles. The number of hydrogen-bond donors (Lipinski definition) is 1. The molecule has 0 spiro atoms. The molecule has 1 N–H and O–H groups in total. The van der Waals surface area contributed by atoms with Crippen molar-refractivity contribution in [2.45, 2.75) is 26.8 Å². The van der Waals surface area contributed by atoms with Crippen molar-refractivity contribution in [3.8, 4) is 0 Å². The number of amides is 1. The molecule has 100 valence electrons. The first-order valence-electron chi connectivity index (χ1n) is 6.24. The molecule has 0 unspecified atom stereocenters. The first-order chi connectivity index (χ1) is 9.00. The molecule has 0 fully saturated rings. The lowest BCUT2D eigenvalue weighted by Crippen LogP contribution is -2.18. The molecule has 1 aromatic carbocycles.